The van der Waals surface area contributed by atoms with Crippen LogP contribution < -0.4 is 5.32 Å². The number of nitrogens with zero attached hydrogens (tertiary/aromatic N) is 1. The van der Waals surface area contributed by atoms with Gasteiger partial charge in [0.1, 0.15) is 0 Å². The fourth-order valence-corrected chi connectivity index (χ4v) is 3.63. The fourth-order valence-electron chi connectivity index (χ4n) is 2.72. The van der Waals surface area contributed by atoms with Gasteiger partial charge < -0.3 is 15.0 Å². The topological polar surface area (TPSA) is 58.6 Å². The first-order valence-corrected chi connectivity index (χ1v) is 8.67. The summed E-state index contributed by atoms with van der Waals surface area (Å²) in [7, 11) is 0. The molecule has 22 heavy (non-hydrogen) atoms. The highest BCUT2D eigenvalue weighted by Gasteiger charge is 2.25. The van der Waals surface area contributed by atoms with E-state index in [0.717, 1.165) is 16.9 Å². The van der Waals surface area contributed by atoms with E-state index in [1.165, 1.54) is 11.3 Å². The second kappa shape index (κ2) is 7.74. The van der Waals surface area contributed by atoms with Gasteiger partial charge in [-0.25, -0.2) is 0 Å². The van der Waals surface area contributed by atoms with E-state index in [4.69, 9.17) is 4.74 Å². The zero-order valence-electron chi connectivity index (χ0n) is 13.4. The molecule has 1 aliphatic heterocycles. The Balaban J connectivity index is 1.78. The van der Waals surface area contributed by atoms with Crippen molar-refractivity contribution in [2.75, 3.05) is 19.6 Å². The number of rotatable bonds is 5. The molecule has 0 bridgehead atoms. The number of thiophene rings is 1. The van der Waals surface area contributed by atoms with Gasteiger partial charge in [-0.1, -0.05) is 6.92 Å². The van der Waals surface area contributed by atoms with Crippen molar-refractivity contribution < 1.29 is 14.3 Å². The standard InChI is InChI=1S/C16H24N2O3S/c1-4-13-6-8-22-15(13)16(20)17-7-5-14(19)18-9-11(2)21-12(3)10-18/h6,8,11-12H,4-5,7,9-10H2,1-3H3,(H,17,20)/t11-,12-/m0/s1. The molecule has 0 unspecified atom stereocenters. The Hall–Kier alpha value is -1.40. The van der Waals surface area contributed by atoms with Gasteiger partial charge in [-0.3, -0.25) is 9.59 Å². The number of ether oxygens (including phenoxy) is 1. The largest absolute Gasteiger partial charge is 0.372 e. The predicted molar refractivity (Wildman–Crippen MR) is 87.2 cm³/mol. The molecule has 0 saturated carbocycles. The molecule has 0 radical (unpaired) electrons. The van der Waals surface area contributed by atoms with Crippen molar-refractivity contribution in [3.05, 3.63) is 21.9 Å². The van der Waals surface area contributed by atoms with Crippen LogP contribution in [-0.4, -0.2) is 48.6 Å². The lowest BCUT2D eigenvalue weighted by atomic mass is 10.2. The minimum absolute atomic E-state index is 0.0699. The Bertz CT molecular complexity index is 519. The molecule has 2 rings (SSSR count). The summed E-state index contributed by atoms with van der Waals surface area (Å²) >= 11 is 1.45. The molecule has 1 N–H and O–H groups in total. The smallest absolute Gasteiger partial charge is 0.261 e. The molecule has 0 aromatic carbocycles. The van der Waals surface area contributed by atoms with E-state index >= 15 is 0 Å². The molecule has 0 aliphatic carbocycles. The number of carbonyl (C=O) groups excluding carboxylic acids is 2. The number of amides is 2. The highest BCUT2D eigenvalue weighted by Crippen LogP contribution is 2.17. The van der Waals surface area contributed by atoms with Crippen LogP contribution in [0, 0.1) is 0 Å². The summed E-state index contributed by atoms with van der Waals surface area (Å²) in [5.41, 5.74) is 1.06. The Morgan fingerprint density at radius 2 is 2.05 bits per heavy atom. The molecule has 1 aromatic rings. The van der Waals surface area contributed by atoms with Crippen LogP contribution in [0.1, 0.15) is 42.4 Å². The molecule has 2 amide bonds. The van der Waals surface area contributed by atoms with Gasteiger partial charge in [-0.05, 0) is 37.3 Å². The summed E-state index contributed by atoms with van der Waals surface area (Å²) < 4.78 is 5.62. The van der Waals surface area contributed by atoms with Crippen LogP contribution in [0.25, 0.3) is 0 Å². The van der Waals surface area contributed by atoms with E-state index in [1.54, 1.807) is 0 Å². The number of carbonyl (C=O) groups is 2. The number of morpholine rings is 1. The van der Waals surface area contributed by atoms with Gasteiger partial charge in [-0.2, -0.15) is 0 Å². The number of hydrogen-bond donors (Lipinski definition) is 1. The van der Waals surface area contributed by atoms with E-state index in [2.05, 4.69) is 5.32 Å². The van der Waals surface area contributed by atoms with Gasteiger partial charge in [-0.15, -0.1) is 11.3 Å². The first kappa shape index (κ1) is 17.0. The van der Waals surface area contributed by atoms with E-state index in [-0.39, 0.29) is 24.0 Å². The average molecular weight is 324 g/mol. The van der Waals surface area contributed by atoms with E-state index in [9.17, 15) is 9.59 Å². The molecule has 122 valence electrons. The lowest BCUT2D eigenvalue weighted by molar-refractivity contribution is -0.143. The molecule has 2 heterocycles. The lowest BCUT2D eigenvalue weighted by Gasteiger charge is -2.35. The first-order valence-electron chi connectivity index (χ1n) is 7.79. The van der Waals surface area contributed by atoms with E-state index < -0.39 is 0 Å². The zero-order chi connectivity index (χ0) is 16.1. The van der Waals surface area contributed by atoms with Gasteiger partial charge in [0, 0.05) is 26.1 Å². The second-order valence-electron chi connectivity index (χ2n) is 5.69. The van der Waals surface area contributed by atoms with Crippen molar-refractivity contribution in [3.63, 3.8) is 0 Å². The van der Waals surface area contributed by atoms with Crippen molar-refractivity contribution in [1.29, 1.82) is 0 Å². The average Bonchev–Trinajstić information content (AvgIpc) is 2.94. The third-order valence-electron chi connectivity index (χ3n) is 3.73. The molecular weight excluding hydrogens is 300 g/mol. The minimum atomic E-state index is -0.0802. The van der Waals surface area contributed by atoms with Gasteiger partial charge >= 0.3 is 0 Å². The van der Waals surface area contributed by atoms with Crippen LogP contribution in [0.15, 0.2) is 11.4 Å². The quantitative estimate of drug-likeness (QED) is 0.902. The normalized spacial score (nSPS) is 21.7. The van der Waals surface area contributed by atoms with Gasteiger partial charge in [0.05, 0.1) is 17.1 Å². The number of aryl methyl sites for hydroxylation is 1. The predicted octanol–water partition coefficient (Wildman–Crippen LogP) is 2.07. The third kappa shape index (κ3) is 4.30. The molecule has 1 aromatic heterocycles. The molecule has 1 saturated heterocycles. The summed E-state index contributed by atoms with van der Waals surface area (Å²) in [5, 5.41) is 4.77. The zero-order valence-corrected chi connectivity index (χ0v) is 14.2. The van der Waals surface area contributed by atoms with Crippen LogP contribution in [0.4, 0.5) is 0 Å². The van der Waals surface area contributed by atoms with Crippen LogP contribution in [-0.2, 0) is 16.0 Å². The Kier molecular flexibility index (Phi) is 5.97. The summed E-state index contributed by atoms with van der Waals surface area (Å²) in [6.07, 6.45) is 1.31. The number of nitrogens with one attached hydrogen (secondary N) is 1. The molecule has 2 atom stereocenters. The molecule has 0 spiro atoms. The van der Waals surface area contributed by atoms with Crippen molar-refractivity contribution in [3.8, 4) is 0 Å². The van der Waals surface area contributed by atoms with Gasteiger partial charge in [0.2, 0.25) is 5.91 Å². The first-order chi connectivity index (χ1) is 10.5. The molecule has 6 heteroatoms. The van der Waals surface area contributed by atoms with Crippen LogP contribution in [0.3, 0.4) is 0 Å². The second-order valence-corrected chi connectivity index (χ2v) is 6.61. The van der Waals surface area contributed by atoms with Gasteiger partial charge in [0.15, 0.2) is 0 Å². The van der Waals surface area contributed by atoms with Crippen molar-refractivity contribution in [2.24, 2.45) is 0 Å². The monoisotopic (exact) mass is 324 g/mol. The molecule has 1 fully saturated rings. The van der Waals surface area contributed by atoms with Crippen molar-refractivity contribution >= 4 is 23.2 Å². The third-order valence-corrected chi connectivity index (χ3v) is 4.69. The van der Waals surface area contributed by atoms with Crippen molar-refractivity contribution in [1.82, 2.24) is 10.2 Å². The Morgan fingerprint density at radius 1 is 1.36 bits per heavy atom. The van der Waals surface area contributed by atoms with E-state index in [1.807, 2.05) is 37.1 Å². The maximum atomic E-state index is 12.2. The minimum Gasteiger partial charge on any atom is -0.372 e. The fraction of sp³-hybridized carbons (Fsp3) is 0.625. The maximum absolute atomic E-state index is 12.2. The summed E-state index contributed by atoms with van der Waals surface area (Å²) in [6.45, 7) is 7.60. The molecule has 1 aliphatic rings. The molecular formula is C16H24N2O3S. The van der Waals surface area contributed by atoms with Crippen LogP contribution in [0.5, 0.6) is 0 Å². The van der Waals surface area contributed by atoms with Crippen LogP contribution in [0.2, 0.25) is 0 Å². The summed E-state index contributed by atoms with van der Waals surface area (Å²) in [4.78, 5) is 26.9. The van der Waals surface area contributed by atoms with Gasteiger partial charge in [0.25, 0.3) is 5.91 Å². The molecule has 5 nitrogen and oxygen atoms in total. The highest BCUT2D eigenvalue weighted by molar-refractivity contribution is 7.12. The Labute approximate surface area is 135 Å². The summed E-state index contributed by atoms with van der Waals surface area (Å²) in [5.74, 6) is -0.00689. The van der Waals surface area contributed by atoms with E-state index in [0.29, 0.717) is 26.1 Å². The SMILES string of the molecule is CCc1ccsc1C(=O)NCCC(=O)N1C[C@H](C)O[C@@H](C)C1. The highest BCUT2D eigenvalue weighted by atomic mass is 32.1. The lowest BCUT2D eigenvalue weighted by Crippen LogP contribution is -2.48. The summed E-state index contributed by atoms with van der Waals surface area (Å²) in [6, 6.07) is 1.97. The maximum Gasteiger partial charge on any atom is 0.261 e. The van der Waals surface area contributed by atoms with Crippen LogP contribution >= 0.6 is 11.3 Å². The Morgan fingerprint density at radius 3 is 2.68 bits per heavy atom. The van der Waals surface area contributed by atoms with Crippen molar-refractivity contribution in [2.45, 2.75) is 45.8 Å². The number of hydrogen-bond acceptors (Lipinski definition) is 4.